The second-order valence-electron chi connectivity index (χ2n) is 7.03. The van der Waals surface area contributed by atoms with Gasteiger partial charge in [0.2, 0.25) is 0 Å². The molecule has 0 saturated heterocycles. The largest absolute Gasteiger partial charge is 0.507 e. The zero-order valence-corrected chi connectivity index (χ0v) is 15.8. The number of ether oxygens (including phenoxy) is 1. The lowest BCUT2D eigenvalue weighted by Gasteiger charge is -2.48. The van der Waals surface area contributed by atoms with Gasteiger partial charge in [0.15, 0.2) is 0 Å². The highest BCUT2D eigenvalue weighted by molar-refractivity contribution is 5.57. The summed E-state index contributed by atoms with van der Waals surface area (Å²) in [4.78, 5) is 0. The van der Waals surface area contributed by atoms with Crippen LogP contribution in [-0.4, -0.2) is 10.7 Å². The number of hydrogen-bond acceptors (Lipinski definition) is 2. The number of hydrogen-bond donors (Lipinski definition) is 1. The maximum atomic E-state index is 10.7. The maximum absolute atomic E-state index is 10.7. The number of aryl methyl sites for hydroxylation is 1. The van der Waals surface area contributed by atoms with E-state index < -0.39 is 0 Å². The number of rotatable bonds is 1. The van der Waals surface area contributed by atoms with Crippen molar-refractivity contribution in [1.82, 2.24) is 0 Å². The SMILES string of the molecule is CC.CCC1(C)Oc2cc(C)c(C)c(O)c2[C@H]2C=C(C)CCC21. The molecule has 1 aliphatic carbocycles. The minimum absolute atomic E-state index is 0.136. The first-order valence-electron chi connectivity index (χ1n) is 9.06. The molecule has 0 spiro atoms. The van der Waals surface area contributed by atoms with Crippen LogP contribution in [0.1, 0.15) is 76.5 Å². The summed E-state index contributed by atoms with van der Waals surface area (Å²) in [5, 5.41) is 10.7. The van der Waals surface area contributed by atoms with Gasteiger partial charge >= 0.3 is 0 Å². The van der Waals surface area contributed by atoms with E-state index in [2.05, 4.69) is 32.9 Å². The Hall–Kier alpha value is -1.44. The summed E-state index contributed by atoms with van der Waals surface area (Å²) in [5.41, 5.74) is 4.38. The van der Waals surface area contributed by atoms with E-state index in [4.69, 9.17) is 4.74 Å². The Morgan fingerprint density at radius 1 is 1.26 bits per heavy atom. The molecule has 0 radical (unpaired) electrons. The van der Waals surface area contributed by atoms with Crippen LogP contribution in [0, 0.1) is 19.8 Å². The first-order valence-corrected chi connectivity index (χ1v) is 9.06. The second kappa shape index (κ2) is 6.59. The highest BCUT2D eigenvalue weighted by atomic mass is 16.5. The number of benzene rings is 1. The summed E-state index contributed by atoms with van der Waals surface area (Å²) in [6.07, 6.45) is 5.64. The minimum atomic E-state index is -0.136. The Balaban J connectivity index is 0.000000924. The minimum Gasteiger partial charge on any atom is -0.507 e. The van der Waals surface area contributed by atoms with Crippen molar-refractivity contribution in [3.63, 3.8) is 0 Å². The van der Waals surface area contributed by atoms with Gasteiger partial charge < -0.3 is 9.84 Å². The normalized spacial score (nSPS) is 28.6. The molecular weight excluding hydrogens is 284 g/mol. The van der Waals surface area contributed by atoms with Gasteiger partial charge in [0.05, 0.1) is 0 Å². The van der Waals surface area contributed by atoms with E-state index in [0.29, 0.717) is 11.7 Å². The van der Waals surface area contributed by atoms with Gasteiger partial charge in [0, 0.05) is 17.4 Å². The Morgan fingerprint density at radius 3 is 2.52 bits per heavy atom. The number of aromatic hydroxyl groups is 1. The summed E-state index contributed by atoms with van der Waals surface area (Å²) in [5.74, 6) is 2.05. The lowest BCUT2D eigenvalue weighted by atomic mass is 9.66. The molecule has 2 nitrogen and oxygen atoms in total. The Bertz CT molecular complexity index is 615. The van der Waals surface area contributed by atoms with E-state index in [0.717, 1.165) is 41.7 Å². The lowest BCUT2D eigenvalue weighted by molar-refractivity contribution is -0.00907. The van der Waals surface area contributed by atoms with Crippen molar-refractivity contribution < 1.29 is 9.84 Å². The third kappa shape index (κ3) is 2.88. The summed E-state index contributed by atoms with van der Waals surface area (Å²) in [6.45, 7) is 14.7. The van der Waals surface area contributed by atoms with Crippen LogP contribution >= 0.6 is 0 Å². The van der Waals surface area contributed by atoms with Crippen molar-refractivity contribution >= 4 is 0 Å². The van der Waals surface area contributed by atoms with Gasteiger partial charge in [-0.3, -0.25) is 0 Å². The number of phenolic OH excluding ortho intramolecular Hbond substituents is 1. The molecule has 0 aromatic heterocycles. The molecule has 2 aliphatic rings. The van der Waals surface area contributed by atoms with Crippen LogP contribution in [0.25, 0.3) is 0 Å². The predicted octanol–water partition coefficient (Wildman–Crippen LogP) is 6.04. The third-order valence-electron chi connectivity index (χ3n) is 5.72. The predicted molar refractivity (Wildman–Crippen MR) is 97.5 cm³/mol. The quantitative estimate of drug-likeness (QED) is 0.640. The molecular formula is C21H32O2. The highest BCUT2D eigenvalue weighted by Gasteiger charge is 2.47. The molecule has 3 atom stereocenters. The summed E-state index contributed by atoms with van der Waals surface area (Å²) < 4.78 is 6.40. The van der Waals surface area contributed by atoms with Gasteiger partial charge in [-0.15, -0.1) is 0 Å². The Morgan fingerprint density at radius 2 is 1.91 bits per heavy atom. The van der Waals surface area contributed by atoms with Crippen LogP contribution in [-0.2, 0) is 0 Å². The Labute approximate surface area is 141 Å². The van der Waals surface area contributed by atoms with Crippen LogP contribution < -0.4 is 4.74 Å². The molecule has 2 unspecified atom stereocenters. The summed E-state index contributed by atoms with van der Waals surface area (Å²) in [6, 6.07) is 2.10. The average Bonchev–Trinajstić information content (AvgIpc) is 2.54. The molecule has 0 saturated carbocycles. The first kappa shape index (κ1) is 17.9. The van der Waals surface area contributed by atoms with Crippen LogP contribution in [0.2, 0.25) is 0 Å². The van der Waals surface area contributed by atoms with Crippen molar-refractivity contribution in [2.75, 3.05) is 0 Å². The van der Waals surface area contributed by atoms with E-state index in [1.54, 1.807) is 0 Å². The number of phenols is 1. The lowest BCUT2D eigenvalue weighted by Crippen LogP contribution is -2.47. The van der Waals surface area contributed by atoms with Gasteiger partial charge in [-0.05, 0) is 64.2 Å². The average molecular weight is 316 g/mol. The molecule has 1 aromatic rings. The topological polar surface area (TPSA) is 29.5 Å². The zero-order chi connectivity index (χ0) is 17.4. The molecule has 1 aliphatic heterocycles. The van der Waals surface area contributed by atoms with E-state index >= 15 is 0 Å². The molecule has 0 fully saturated rings. The molecule has 3 rings (SSSR count). The van der Waals surface area contributed by atoms with Crippen molar-refractivity contribution in [3.05, 3.63) is 34.4 Å². The van der Waals surface area contributed by atoms with E-state index in [9.17, 15) is 5.11 Å². The number of allylic oxidation sites excluding steroid dienone is 2. The fraction of sp³-hybridized carbons (Fsp3) is 0.619. The van der Waals surface area contributed by atoms with Crippen LogP contribution in [0.4, 0.5) is 0 Å². The summed E-state index contributed by atoms with van der Waals surface area (Å²) >= 11 is 0. The van der Waals surface area contributed by atoms with Gasteiger partial charge in [0.1, 0.15) is 17.1 Å². The Kier molecular flexibility index (Phi) is 5.13. The second-order valence-corrected chi connectivity index (χ2v) is 7.03. The molecule has 1 N–H and O–H groups in total. The van der Waals surface area contributed by atoms with E-state index in [1.807, 2.05) is 27.7 Å². The highest BCUT2D eigenvalue weighted by Crippen LogP contribution is 2.55. The van der Waals surface area contributed by atoms with E-state index in [1.165, 1.54) is 5.57 Å². The summed E-state index contributed by atoms with van der Waals surface area (Å²) in [7, 11) is 0. The third-order valence-corrected chi connectivity index (χ3v) is 5.72. The van der Waals surface area contributed by atoms with Gasteiger partial charge in [-0.1, -0.05) is 32.4 Å². The fourth-order valence-electron chi connectivity index (χ4n) is 3.99. The maximum Gasteiger partial charge on any atom is 0.127 e. The molecule has 2 heteroatoms. The van der Waals surface area contributed by atoms with Crippen LogP contribution in [0.15, 0.2) is 17.7 Å². The van der Waals surface area contributed by atoms with Crippen molar-refractivity contribution in [2.24, 2.45) is 5.92 Å². The van der Waals surface area contributed by atoms with Gasteiger partial charge in [0.25, 0.3) is 0 Å². The molecule has 23 heavy (non-hydrogen) atoms. The molecule has 0 bridgehead atoms. The number of fused-ring (bicyclic) bond motifs is 3. The fourth-order valence-corrected chi connectivity index (χ4v) is 3.99. The smallest absolute Gasteiger partial charge is 0.127 e. The van der Waals surface area contributed by atoms with Crippen molar-refractivity contribution in [3.8, 4) is 11.5 Å². The van der Waals surface area contributed by atoms with Crippen LogP contribution in [0.3, 0.4) is 0 Å². The molecule has 0 amide bonds. The van der Waals surface area contributed by atoms with Crippen molar-refractivity contribution in [1.29, 1.82) is 0 Å². The monoisotopic (exact) mass is 316 g/mol. The molecule has 128 valence electrons. The standard InChI is InChI=1S/C19H26O2.C2H6/c1-6-19(5)15-8-7-11(2)9-14(15)17-16(21-19)10-12(3)13(4)18(17)20;1-2/h9-10,14-15,20H,6-8H2,1-5H3;1-2H3/t14-,15?,19?;/m0./s1. The first-order chi connectivity index (χ1) is 10.9. The van der Waals surface area contributed by atoms with Crippen LogP contribution in [0.5, 0.6) is 11.5 Å². The van der Waals surface area contributed by atoms with Gasteiger partial charge in [-0.25, -0.2) is 0 Å². The van der Waals surface area contributed by atoms with Gasteiger partial charge in [-0.2, -0.15) is 0 Å². The zero-order valence-electron chi connectivity index (χ0n) is 15.8. The molecule has 1 aromatic carbocycles. The molecule has 1 heterocycles. The van der Waals surface area contributed by atoms with E-state index in [-0.39, 0.29) is 11.5 Å². The van der Waals surface area contributed by atoms with Crippen molar-refractivity contribution in [2.45, 2.75) is 79.2 Å².